The molecule has 7 nitrogen and oxygen atoms in total. The standard InChI is InChI=1S/C18H19Cl2N3O4/c1-11-7-16(22-27-11)21-17(24)10-23(9-13-3-2-6-26-13)18(25)14-5-4-12(19)8-15(14)20/h4-5,7-8,13H,2-3,6,9-10H2,1H3,(H,21,22,24). The molecule has 2 aromatic rings. The summed E-state index contributed by atoms with van der Waals surface area (Å²) in [5.74, 6) is 0.121. The summed E-state index contributed by atoms with van der Waals surface area (Å²) in [5, 5.41) is 7.00. The molecule has 1 aromatic carbocycles. The second kappa shape index (κ2) is 8.73. The molecule has 1 N–H and O–H groups in total. The number of nitrogens with one attached hydrogen (secondary N) is 1. The van der Waals surface area contributed by atoms with Gasteiger partial charge in [-0.05, 0) is 38.0 Å². The SMILES string of the molecule is Cc1cc(NC(=O)CN(CC2CCCO2)C(=O)c2ccc(Cl)cc2Cl)no1. The van der Waals surface area contributed by atoms with Crippen LogP contribution in [0.3, 0.4) is 0 Å². The summed E-state index contributed by atoms with van der Waals surface area (Å²) >= 11 is 12.1. The van der Waals surface area contributed by atoms with Crippen LogP contribution in [0.15, 0.2) is 28.8 Å². The number of hydrogen-bond donors (Lipinski definition) is 1. The highest BCUT2D eigenvalue weighted by Gasteiger charge is 2.26. The highest BCUT2D eigenvalue weighted by atomic mass is 35.5. The molecule has 0 saturated carbocycles. The fourth-order valence-corrected chi connectivity index (χ4v) is 3.36. The number of aromatic nitrogens is 1. The van der Waals surface area contributed by atoms with Gasteiger partial charge in [-0.25, -0.2) is 0 Å². The number of ether oxygens (including phenoxy) is 1. The van der Waals surface area contributed by atoms with Crippen LogP contribution in [-0.2, 0) is 9.53 Å². The van der Waals surface area contributed by atoms with Crippen molar-refractivity contribution in [3.8, 4) is 0 Å². The molecule has 1 atom stereocenters. The minimum Gasteiger partial charge on any atom is -0.376 e. The minimum atomic E-state index is -0.389. The third-order valence-corrected chi connectivity index (χ3v) is 4.67. The molecule has 0 bridgehead atoms. The zero-order valence-corrected chi connectivity index (χ0v) is 16.2. The van der Waals surface area contributed by atoms with E-state index in [0.717, 1.165) is 12.8 Å². The van der Waals surface area contributed by atoms with Gasteiger partial charge in [0.15, 0.2) is 5.82 Å². The fourth-order valence-electron chi connectivity index (χ4n) is 2.87. The van der Waals surface area contributed by atoms with E-state index in [-0.39, 0.29) is 35.0 Å². The lowest BCUT2D eigenvalue weighted by atomic mass is 10.1. The van der Waals surface area contributed by atoms with Crippen LogP contribution in [-0.4, -0.2) is 47.7 Å². The average Bonchev–Trinajstić information content (AvgIpc) is 3.25. The van der Waals surface area contributed by atoms with Gasteiger partial charge in [0.25, 0.3) is 5.91 Å². The van der Waals surface area contributed by atoms with Crippen LogP contribution in [0, 0.1) is 6.92 Å². The molecule has 1 aromatic heterocycles. The van der Waals surface area contributed by atoms with Gasteiger partial charge in [-0.1, -0.05) is 28.4 Å². The van der Waals surface area contributed by atoms with Crippen LogP contribution < -0.4 is 5.32 Å². The minimum absolute atomic E-state index is 0.109. The number of anilines is 1. The summed E-state index contributed by atoms with van der Waals surface area (Å²) in [4.78, 5) is 26.8. The average molecular weight is 412 g/mol. The van der Waals surface area contributed by atoms with E-state index in [2.05, 4.69) is 10.5 Å². The monoisotopic (exact) mass is 411 g/mol. The number of amides is 2. The molecular formula is C18H19Cl2N3O4. The van der Waals surface area contributed by atoms with Crippen LogP contribution in [0.4, 0.5) is 5.82 Å². The van der Waals surface area contributed by atoms with E-state index in [1.165, 1.54) is 11.0 Å². The van der Waals surface area contributed by atoms with Gasteiger partial charge < -0.3 is 19.5 Å². The highest BCUT2D eigenvalue weighted by Crippen LogP contribution is 2.23. The van der Waals surface area contributed by atoms with Crippen LogP contribution >= 0.6 is 23.2 Å². The van der Waals surface area contributed by atoms with Crippen LogP contribution in [0.1, 0.15) is 29.0 Å². The predicted molar refractivity (Wildman–Crippen MR) is 101 cm³/mol. The van der Waals surface area contributed by atoms with E-state index in [0.29, 0.717) is 29.8 Å². The quantitative estimate of drug-likeness (QED) is 0.785. The Morgan fingerprint density at radius 2 is 2.15 bits per heavy atom. The van der Waals surface area contributed by atoms with E-state index in [4.69, 9.17) is 32.5 Å². The van der Waals surface area contributed by atoms with Crippen molar-refractivity contribution >= 4 is 40.8 Å². The molecule has 27 heavy (non-hydrogen) atoms. The molecule has 0 aliphatic carbocycles. The van der Waals surface area contributed by atoms with Gasteiger partial charge in [-0.15, -0.1) is 0 Å². The third kappa shape index (κ3) is 5.22. The second-order valence-electron chi connectivity index (χ2n) is 6.32. The van der Waals surface area contributed by atoms with E-state index < -0.39 is 0 Å². The lowest BCUT2D eigenvalue weighted by molar-refractivity contribution is -0.117. The molecular weight excluding hydrogens is 393 g/mol. The van der Waals surface area contributed by atoms with Gasteiger partial charge in [-0.2, -0.15) is 0 Å². The predicted octanol–water partition coefficient (Wildman–Crippen LogP) is 3.55. The fraction of sp³-hybridized carbons (Fsp3) is 0.389. The lowest BCUT2D eigenvalue weighted by Crippen LogP contribution is -2.42. The molecule has 0 radical (unpaired) electrons. The third-order valence-electron chi connectivity index (χ3n) is 4.13. The molecule has 1 aliphatic rings. The first-order chi connectivity index (χ1) is 12.9. The molecule has 1 unspecified atom stereocenters. The Labute approximate surface area is 166 Å². The number of rotatable bonds is 6. The number of hydrogen-bond acceptors (Lipinski definition) is 5. The molecule has 0 spiro atoms. The molecule has 144 valence electrons. The van der Waals surface area contributed by atoms with Gasteiger partial charge in [-0.3, -0.25) is 9.59 Å². The Morgan fingerprint density at radius 3 is 2.78 bits per heavy atom. The van der Waals surface area contributed by atoms with Crippen molar-refractivity contribution in [2.75, 3.05) is 25.0 Å². The second-order valence-corrected chi connectivity index (χ2v) is 7.16. The first kappa shape index (κ1) is 19.7. The molecule has 1 aliphatic heterocycles. The highest BCUT2D eigenvalue weighted by molar-refractivity contribution is 6.36. The molecule has 1 fully saturated rings. The van der Waals surface area contributed by atoms with E-state index in [1.807, 2.05) is 0 Å². The first-order valence-electron chi connectivity index (χ1n) is 8.51. The molecule has 9 heteroatoms. The van der Waals surface area contributed by atoms with Gasteiger partial charge in [0.1, 0.15) is 12.3 Å². The van der Waals surface area contributed by atoms with Crippen molar-refractivity contribution in [1.82, 2.24) is 10.1 Å². The summed E-state index contributed by atoms with van der Waals surface area (Å²) in [7, 11) is 0. The van der Waals surface area contributed by atoms with Crippen LogP contribution in [0.2, 0.25) is 10.0 Å². The topological polar surface area (TPSA) is 84.7 Å². The van der Waals surface area contributed by atoms with Crippen molar-refractivity contribution in [2.45, 2.75) is 25.9 Å². The van der Waals surface area contributed by atoms with Gasteiger partial charge in [0, 0.05) is 24.2 Å². The Morgan fingerprint density at radius 1 is 1.33 bits per heavy atom. The Bertz CT molecular complexity index is 834. The van der Waals surface area contributed by atoms with Gasteiger partial charge in [0.2, 0.25) is 5.91 Å². The van der Waals surface area contributed by atoms with Crippen molar-refractivity contribution in [3.05, 3.63) is 45.6 Å². The van der Waals surface area contributed by atoms with Crippen LogP contribution in [0.25, 0.3) is 0 Å². The number of carbonyl (C=O) groups excluding carboxylic acids is 2. The summed E-state index contributed by atoms with van der Waals surface area (Å²) in [6.45, 7) is 2.50. The molecule has 3 rings (SSSR count). The normalized spacial score (nSPS) is 16.3. The van der Waals surface area contributed by atoms with Gasteiger partial charge >= 0.3 is 0 Å². The Balaban J connectivity index is 1.74. The molecule has 1 saturated heterocycles. The smallest absolute Gasteiger partial charge is 0.255 e. The summed E-state index contributed by atoms with van der Waals surface area (Å²) in [5.41, 5.74) is 0.282. The maximum atomic E-state index is 13.0. The van der Waals surface area contributed by atoms with Crippen molar-refractivity contribution in [2.24, 2.45) is 0 Å². The Kier molecular flexibility index (Phi) is 6.36. The number of halogens is 2. The largest absolute Gasteiger partial charge is 0.376 e. The summed E-state index contributed by atoms with van der Waals surface area (Å²) < 4.78 is 10.5. The van der Waals surface area contributed by atoms with E-state index in [1.54, 1.807) is 25.1 Å². The zero-order valence-electron chi connectivity index (χ0n) is 14.7. The van der Waals surface area contributed by atoms with Gasteiger partial charge in [0.05, 0.1) is 16.7 Å². The maximum Gasteiger partial charge on any atom is 0.255 e. The van der Waals surface area contributed by atoms with Crippen LogP contribution in [0.5, 0.6) is 0 Å². The number of benzene rings is 1. The number of aryl methyl sites for hydroxylation is 1. The van der Waals surface area contributed by atoms with E-state index in [9.17, 15) is 9.59 Å². The summed E-state index contributed by atoms with van der Waals surface area (Å²) in [6.07, 6.45) is 1.66. The Hall–Kier alpha value is -2.09. The van der Waals surface area contributed by atoms with Crippen molar-refractivity contribution < 1.29 is 18.8 Å². The maximum absolute atomic E-state index is 13.0. The van der Waals surface area contributed by atoms with Crippen molar-refractivity contribution in [3.63, 3.8) is 0 Å². The number of carbonyl (C=O) groups is 2. The van der Waals surface area contributed by atoms with Crippen molar-refractivity contribution in [1.29, 1.82) is 0 Å². The lowest BCUT2D eigenvalue weighted by Gasteiger charge is -2.25. The summed E-state index contributed by atoms with van der Waals surface area (Å²) in [6, 6.07) is 6.23. The number of nitrogens with zero attached hydrogens (tertiary/aromatic N) is 2. The molecule has 2 amide bonds. The first-order valence-corrected chi connectivity index (χ1v) is 9.27. The zero-order chi connectivity index (χ0) is 19.4. The molecule has 2 heterocycles. The van der Waals surface area contributed by atoms with E-state index >= 15 is 0 Å².